The standard InChI is InChI=1S/C18H26N2O4/c1-13-4-6-14(7-5-13)19-17(22)20-15-8-10-16(11-9-15)24-18(2,3)23-12-21/h8-14H,4-7H2,1-3H3,(H2,19,20,22). The van der Waals surface area contributed by atoms with Crippen LogP contribution in [0.25, 0.3) is 0 Å². The van der Waals surface area contributed by atoms with Crippen LogP contribution in [0.15, 0.2) is 24.3 Å². The fourth-order valence-corrected chi connectivity index (χ4v) is 2.79. The van der Waals surface area contributed by atoms with E-state index in [9.17, 15) is 9.59 Å². The summed E-state index contributed by atoms with van der Waals surface area (Å²) in [6.45, 7) is 5.89. The highest BCUT2D eigenvalue weighted by atomic mass is 16.7. The van der Waals surface area contributed by atoms with Gasteiger partial charge >= 0.3 is 6.03 Å². The van der Waals surface area contributed by atoms with E-state index in [0.29, 0.717) is 17.9 Å². The second-order valence-electron chi connectivity index (χ2n) is 6.80. The van der Waals surface area contributed by atoms with Gasteiger partial charge in [-0.2, -0.15) is 0 Å². The molecule has 6 heteroatoms. The summed E-state index contributed by atoms with van der Waals surface area (Å²) in [5, 5.41) is 5.84. The number of amides is 2. The molecule has 0 bridgehead atoms. The molecule has 0 aliphatic heterocycles. The van der Waals surface area contributed by atoms with Crippen LogP contribution < -0.4 is 15.4 Å². The molecule has 1 aliphatic rings. The van der Waals surface area contributed by atoms with Crippen LogP contribution in [0, 0.1) is 5.92 Å². The van der Waals surface area contributed by atoms with Crippen LogP contribution >= 0.6 is 0 Å². The zero-order valence-corrected chi connectivity index (χ0v) is 14.5. The number of anilines is 1. The molecular weight excluding hydrogens is 308 g/mol. The lowest BCUT2D eigenvalue weighted by Gasteiger charge is -2.27. The summed E-state index contributed by atoms with van der Waals surface area (Å²) >= 11 is 0. The number of hydrogen-bond donors (Lipinski definition) is 2. The van der Waals surface area contributed by atoms with E-state index in [1.165, 1.54) is 0 Å². The predicted molar refractivity (Wildman–Crippen MR) is 91.9 cm³/mol. The van der Waals surface area contributed by atoms with E-state index >= 15 is 0 Å². The van der Waals surface area contributed by atoms with Gasteiger partial charge in [0.2, 0.25) is 5.79 Å². The van der Waals surface area contributed by atoms with Crippen molar-refractivity contribution in [2.75, 3.05) is 5.32 Å². The van der Waals surface area contributed by atoms with E-state index in [4.69, 9.17) is 9.47 Å². The molecule has 0 saturated heterocycles. The second-order valence-corrected chi connectivity index (χ2v) is 6.80. The molecule has 6 nitrogen and oxygen atoms in total. The summed E-state index contributed by atoms with van der Waals surface area (Å²) in [7, 11) is 0. The van der Waals surface area contributed by atoms with E-state index in [2.05, 4.69) is 17.6 Å². The molecule has 0 aromatic heterocycles. The van der Waals surface area contributed by atoms with Gasteiger partial charge < -0.3 is 20.1 Å². The number of urea groups is 1. The lowest BCUT2D eigenvalue weighted by molar-refractivity contribution is -0.170. The Morgan fingerprint density at radius 2 is 1.79 bits per heavy atom. The minimum atomic E-state index is -1.04. The molecule has 1 aromatic rings. The van der Waals surface area contributed by atoms with Gasteiger partial charge in [0.25, 0.3) is 6.47 Å². The molecule has 132 valence electrons. The van der Waals surface area contributed by atoms with Crippen molar-refractivity contribution in [1.82, 2.24) is 5.32 Å². The number of nitrogens with one attached hydrogen (secondary N) is 2. The quantitative estimate of drug-likeness (QED) is 0.614. The average molecular weight is 334 g/mol. The predicted octanol–water partition coefficient (Wildman–Crippen LogP) is 3.67. The zero-order chi connectivity index (χ0) is 17.6. The SMILES string of the molecule is CC1CCC(NC(=O)Nc2ccc(OC(C)(C)OC=O)cc2)CC1. The zero-order valence-electron chi connectivity index (χ0n) is 14.5. The number of ether oxygens (including phenoxy) is 2. The number of hydrogen-bond acceptors (Lipinski definition) is 4. The van der Waals surface area contributed by atoms with Crippen molar-refractivity contribution in [3.05, 3.63) is 24.3 Å². The molecule has 2 amide bonds. The lowest BCUT2D eigenvalue weighted by Crippen LogP contribution is -2.39. The van der Waals surface area contributed by atoms with Gasteiger partial charge in [-0.3, -0.25) is 4.79 Å². The molecule has 1 aromatic carbocycles. The van der Waals surface area contributed by atoms with Gasteiger partial charge in [-0.15, -0.1) is 0 Å². The number of carbonyl (C=O) groups is 2. The molecule has 0 unspecified atom stereocenters. The Labute approximate surface area is 142 Å². The topological polar surface area (TPSA) is 76.7 Å². The monoisotopic (exact) mass is 334 g/mol. The van der Waals surface area contributed by atoms with Crippen molar-refractivity contribution in [3.8, 4) is 5.75 Å². The minimum Gasteiger partial charge on any atom is -0.453 e. The normalized spacial score (nSPS) is 20.8. The molecule has 0 atom stereocenters. The largest absolute Gasteiger partial charge is 0.453 e. The number of rotatable bonds is 6. The van der Waals surface area contributed by atoms with Gasteiger partial charge in [-0.05, 0) is 55.9 Å². The summed E-state index contributed by atoms with van der Waals surface area (Å²) in [4.78, 5) is 22.5. The maximum Gasteiger partial charge on any atom is 0.319 e. The molecule has 2 rings (SSSR count). The Morgan fingerprint density at radius 1 is 1.17 bits per heavy atom. The summed E-state index contributed by atoms with van der Waals surface area (Å²) in [5.41, 5.74) is 0.679. The van der Waals surface area contributed by atoms with Crippen LogP contribution in [0.2, 0.25) is 0 Å². The van der Waals surface area contributed by atoms with Crippen LogP contribution in [-0.2, 0) is 9.53 Å². The van der Waals surface area contributed by atoms with Crippen molar-refractivity contribution < 1.29 is 19.1 Å². The molecule has 0 spiro atoms. The summed E-state index contributed by atoms with van der Waals surface area (Å²) in [5.74, 6) is 0.270. The first-order valence-electron chi connectivity index (χ1n) is 8.36. The Balaban J connectivity index is 1.82. The molecule has 2 N–H and O–H groups in total. The first-order valence-corrected chi connectivity index (χ1v) is 8.36. The van der Waals surface area contributed by atoms with Gasteiger partial charge in [-0.1, -0.05) is 6.92 Å². The van der Waals surface area contributed by atoms with E-state index in [1.54, 1.807) is 38.1 Å². The highest BCUT2D eigenvalue weighted by Gasteiger charge is 2.21. The first kappa shape index (κ1) is 18.1. The van der Waals surface area contributed by atoms with Crippen molar-refractivity contribution in [2.24, 2.45) is 5.92 Å². The van der Waals surface area contributed by atoms with Crippen LogP contribution in [-0.4, -0.2) is 24.3 Å². The highest BCUT2D eigenvalue weighted by Crippen LogP contribution is 2.24. The van der Waals surface area contributed by atoms with Gasteiger partial charge in [0, 0.05) is 25.6 Å². The Kier molecular flexibility index (Phi) is 6.06. The van der Waals surface area contributed by atoms with Crippen molar-refractivity contribution in [3.63, 3.8) is 0 Å². The summed E-state index contributed by atoms with van der Waals surface area (Å²) in [6, 6.07) is 6.99. The average Bonchev–Trinajstić information content (AvgIpc) is 2.51. The third-order valence-electron chi connectivity index (χ3n) is 4.16. The third kappa shape index (κ3) is 5.76. The molecular formula is C18H26N2O4. The molecule has 1 aliphatic carbocycles. The fourth-order valence-electron chi connectivity index (χ4n) is 2.79. The molecule has 0 radical (unpaired) electrons. The molecule has 1 saturated carbocycles. The van der Waals surface area contributed by atoms with Crippen LogP contribution in [0.5, 0.6) is 5.75 Å². The van der Waals surface area contributed by atoms with Crippen LogP contribution in [0.3, 0.4) is 0 Å². The molecule has 1 fully saturated rings. The van der Waals surface area contributed by atoms with Gasteiger partial charge in [0.15, 0.2) is 0 Å². The van der Waals surface area contributed by atoms with Gasteiger partial charge in [0.1, 0.15) is 5.75 Å². The van der Waals surface area contributed by atoms with Gasteiger partial charge in [0.05, 0.1) is 0 Å². The second kappa shape index (κ2) is 8.04. The van der Waals surface area contributed by atoms with Crippen molar-refractivity contribution in [2.45, 2.75) is 58.3 Å². The van der Waals surface area contributed by atoms with Crippen molar-refractivity contribution in [1.29, 1.82) is 0 Å². The Hall–Kier alpha value is -2.24. The van der Waals surface area contributed by atoms with Crippen LogP contribution in [0.4, 0.5) is 10.5 Å². The van der Waals surface area contributed by atoms with Gasteiger partial charge in [-0.25, -0.2) is 4.79 Å². The smallest absolute Gasteiger partial charge is 0.319 e. The summed E-state index contributed by atoms with van der Waals surface area (Å²) in [6.07, 6.45) is 4.39. The fraction of sp³-hybridized carbons (Fsp3) is 0.556. The number of benzene rings is 1. The summed E-state index contributed by atoms with van der Waals surface area (Å²) < 4.78 is 10.4. The third-order valence-corrected chi connectivity index (χ3v) is 4.16. The molecule has 0 heterocycles. The Morgan fingerprint density at radius 3 is 2.38 bits per heavy atom. The van der Waals surface area contributed by atoms with Crippen molar-refractivity contribution >= 4 is 18.2 Å². The maximum absolute atomic E-state index is 12.0. The van der Waals surface area contributed by atoms with E-state index in [1.807, 2.05) is 0 Å². The minimum absolute atomic E-state index is 0.187. The molecule has 24 heavy (non-hydrogen) atoms. The highest BCUT2D eigenvalue weighted by molar-refractivity contribution is 5.89. The maximum atomic E-state index is 12.0. The van der Waals surface area contributed by atoms with E-state index < -0.39 is 5.79 Å². The lowest BCUT2D eigenvalue weighted by atomic mass is 9.87. The van der Waals surface area contributed by atoms with E-state index in [0.717, 1.165) is 31.6 Å². The van der Waals surface area contributed by atoms with E-state index in [-0.39, 0.29) is 12.1 Å². The number of carbonyl (C=O) groups excluding carboxylic acids is 2. The Bertz CT molecular complexity index is 549. The first-order chi connectivity index (χ1) is 11.4. The van der Waals surface area contributed by atoms with Crippen LogP contribution in [0.1, 0.15) is 46.5 Å².